The Hall–Kier alpha value is -2.60. The number of carbonyl (C=O) groups excluding carboxylic acids is 1. The number of halogens is 1. The molecule has 0 spiro atoms. The largest absolute Gasteiger partial charge is 0.471 e. The molecule has 0 radical (unpaired) electrons. The molecule has 0 atom stereocenters. The first kappa shape index (κ1) is 17.2. The number of aryl methyl sites for hydroxylation is 2. The van der Waals surface area contributed by atoms with Crippen LogP contribution in [0.15, 0.2) is 59.2 Å². The van der Waals surface area contributed by atoms with Gasteiger partial charge in [-0.15, -0.1) is 0 Å². The van der Waals surface area contributed by atoms with Crippen LogP contribution >= 0.6 is 15.9 Å². The maximum absolute atomic E-state index is 12.3. The van der Waals surface area contributed by atoms with E-state index in [-0.39, 0.29) is 12.6 Å². The Balaban J connectivity index is 1.64. The average molecular weight is 400 g/mol. The molecule has 0 aliphatic rings. The third-order valence-electron chi connectivity index (χ3n) is 3.68. The molecule has 1 amide bonds. The van der Waals surface area contributed by atoms with Crippen LogP contribution in [-0.4, -0.2) is 15.7 Å². The lowest BCUT2D eigenvalue weighted by Crippen LogP contribution is -2.14. The molecule has 0 aliphatic carbocycles. The minimum absolute atomic E-state index is 0.242. The van der Waals surface area contributed by atoms with E-state index in [2.05, 4.69) is 32.4 Å². The fourth-order valence-corrected chi connectivity index (χ4v) is 2.78. The quantitative estimate of drug-likeness (QED) is 0.684. The topological polar surface area (TPSA) is 56.1 Å². The lowest BCUT2D eigenvalue weighted by Gasteiger charge is -2.09. The van der Waals surface area contributed by atoms with Gasteiger partial charge in [-0.25, -0.2) is 4.68 Å². The second-order valence-electron chi connectivity index (χ2n) is 5.72. The number of benzene rings is 2. The first-order valence-electron chi connectivity index (χ1n) is 7.82. The maximum Gasteiger partial charge on any atom is 0.276 e. The minimum Gasteiger partial charge on any atom is -0.471 e. The van der Waals surface area contributed by atoms with E-state index < -0.39 is 0 Å². The van der Waals surface area contributed by atoms with Crippen molar-refractivity contribution < 1.29 is 9.53 Å². The highest BCUT2D eigenvalue weighted by Gasteiger charge is 2.11. The van der Waals surface area contributed by atoms with Crippen LogP contribution in [0.1, 0.15) is 21.6 Å². The smallest absolute Gasteiger partial charge is 0.276 e. The molecule has 0 saturated heterocycles. The van der Waals surface area contributed by atoms with Crippen LogP contribution in [0.4, 0.5) is 5.69 Å². The first-order valence-corrected chi connectivity index (χ1v) is 8.61. The van der Waals surface area contributed by atoms with Gasteiger partial charge in [-0.3, -0.25) is 4.79 Å². The lowest BCUT2D eigenvalue weighted by atomic mass is 10.1. The van der Waals surface area contributed by atoms with Gasteiger partial charge in [-0.1, -0.05) is 29.8 Å². The number of hydrogen-bond donors (Lipinski definition) is 1. The number of anilines is 1. The molecule has 6 heteroatoms. The summed E-state index contributed by atoms with van der Waals surface area (Å²) < 4.78 is 8.18. The summed E-state index contributed by atoms with van der Waals surface area (Å²) in [5.74, 6) is 0.539. The monoisotopic (exact) mass is 399 g/mol. The Morgan fingerprint density at radius 3 is 2.76 bits per heavy atom. The van der Waals surface area contributed by atoms with Gasteiger partial charge in [0.25, 0.3) is 5.91 Å². The van der Waals surface area contributed by atoms with Crippen LogP contribution in [0.5, 0.6) is 5.75 Å². The highest BCUT2D eigenvalue weighted by Crippen LogP contribution is 2.22. The lowest BCUT2D eigenvalue weighted by molar-refractivity contribution is 0.102. The van der Waals surface area contributed by atoms with E-state index in [0.717, 1.165) is 15.8 Å². The number of aromatic nitrogens is 2. The van der Waals surface area contributed by atoms with Crippen molar-refractivity contribution in [3.05, 3.63) is 76.0 Å². The second kappa shape index (κ2) is 7.53. The number of amides is 1. The summed E-state index contributed by atoms with van der Waals surface area (Å²) in [6.45, 7) is 4.29. The van der Waals surface area contributed by atoms with Gasteiger partial charge in [0.2, 0.25) is 0 Å². The third kappa shape index (κ3) is 4.28. The van der Waals surface area contributed by atoms with E-state index in [0.29, 0.717) is 11.4 Å². The zero-order valence-electron chi connectivity index (χ0n) is 14.0. The molecule has 1 N–H and O–H groups in total. The molecular weight excluding hydrogens is 382 g/mol. The SMILES string of the molecule is Cc1ccc(OCn2ccc(C(=O)Nc3ccccc3Br)n2)c(C)c1. The van der Waals surface area contributed by atoms with Gasteiger partial charge in [-0.2, -0.15) is 5.10 Å². The van der Waals surface area contributed by atoms with Crippen LogP contribution < -0.4 is 10.1 Å². The highest BCUT2D eigenvalue weighted by atomic mass is 79.9. The summed E-state index contributed by atoms with van der Waals surface area (Å²) in [5.41, 5.74) is 3.29. The van der Waals surface area contributed by atoms with Crippen molar-refractivity contribution in [3.8, 4) is 5.75 Å². The van der Waals surface area contributed by atoms with E-state index in [4.69, 9.17) is 4.74 Å². The van der Waals surface area contributed by atoms with Crippen molar-refractivity contribution in [3.63, 3.8) is 0 Å². The van der Waals surface area contributed by atoms with Gasteiger partial charge >= 0.3 is 0 Å². The van der Waals surface area contributed by atoms with Crippen LogP contribution in [0, 0.1) is 13.8 Å². The Bertz CT molecular complexity index is 905. The molecule has 2 aromatic carbocycles. The van der Waals surface area contributed by atoms with Crippen molar-refractivity contribution in [1.82, 2.24) is 9.78 Å². The summed E-state index contributed by atoms with van der Waals surface area (Å²) in [4.78, 5) is 12.3. The molecule has 3 aromatic rings. The van der Waals surface area contributed by atoms with Crippen LogP contribution in [0.25, 0.3) is 0 Å². The highest BCUT2D eigenvalue weighted by molar-refractivity contribution is 9.10. The van der Waals surface area contributed by atoms with Gasteiger partial charge in [-0.05, 0) is 59.6 Å². The number of carbonyl (C=O) groups is 1. The Labute approximate surface area is 154 Å². The number of rotatable bonds is 5. The van der Waals surface area contributed by atoms with Crippen LogP contribution in [-0.2, 0) is 6.73 Å². The van der Waals surface area contributed by atoms with Gasteiger partial charge in [0.05, 0.1) is 5.69 Å². The molecule has 0 bridgehead atoms. The zero-order valence-corrected chi connectivity index (χ0v) is 15.6. The summed E-state index contributed by atoms with van der Waals surface area (Å²) in [6, 6.07) is 15.1. The summed E-state index contributed by atoms with van der Waals surface area (Å²) in [5, 5.41) is 7.09. The summed E-state index contributed by atoms with van der Waals surface area (Å²) >= 11 is 3.40. The average Bonchev–Trinajstić information content (AvgIpc) is 3.05. The minimum atomic E-state index is -0.267. The van der Waals surface area contributed by atoms with Crippen LogP contribution in [0.3, 0.4) is 0 Å². The molecular formula is C19H18BrN3O2. The summed E-state index contributed by atoms with van der Waals surface area (Å²) in [6.07, 6.45) is 1.72. The number of para-hydroxylation sites is 1. The molecule has 128 valence electrons. The van der Waals surface area contributed by atoms with E-state index in [1.54, 1.807) is 16.9 Å². The van der Waals surface area contributed by atoms with Crippen LogP contribution in [0.2, 0.25) is 0 Å². The standard InChI is InChI=1S/C19H18BrN3O2/c1-13-7-8-18(14(2)11-13)25-12-23-10-9-17(22-23)19(24)21-16-6-4-3-5-15(16)20/h3-11H,12H2,1-2H3,(H,21,24). The zero-order chi connectivity index (χ0) is 17.8. The van der Waals surface area contributed by atoms with Gasteiger partial charge in [0.1, 0.15) is 5.75 Å². The Morgan fingerprint density at radius 2 is 2.00 bits per heavy atom. The molecule has 25 heavy (non-hydrogen) atoms. The van der Waals surface area contributed by atoms with Gasteiger partial charge in [0, 0.05) is 10.7 Å². The van der Waals surface area contributed by atoms with Crippen molar-refractivity contribution in [1.29, 1.82) is 0 Å². The van der Waals surface area contributed by atoms with Crippen molar-refractivity contribution in [2.45, 2.75) is 20.6 Å². The van der Waals surface area contributed by atoms with E-state index >= 15 is 0 Å². The number of ether oxygens (including phenoxy) is 1. The predicted octanol–water partition coefficient (Wildman–Crippen LogP) is 4.55. The predicted molar refractivity (Wildman–Crippen MR) is 101 cm³/mol. The molecule has 1 heterocycles. The first-order chi connectivity index (χ1) is 12.0. The van der Waals surface area contributed by atoms with E-state index in [1.165, 1.54) is 5.56 Å². The Kier molecular flexibility index (Phi) is 5.19. The van der Waals surface area contributed by atoms with E-state index in [1.807, 2.05) is 50.2 Å². The molecule has 0 unspecified atom stereocenters. The molecule has 0 fully saturated rings. The van der Waals surface area contributed by atoms with Gasteiger partial charge in [0.15, 0.2) is 12.4 Å². The molecule has 5 nitrogen and oxygen atoms in total. The van der Waals surface area contributed by atoms with Crippen molar-refractivity contribution >= 4 is 27.5 Å². The van der Waals surface area contributed by atoms with Gasteiger partial charge < -0.3 is 10.1 Å². The number of hydrogen-bond acceptors (Lipinski definition) is 3. The van der Waals surface area contributed by atoms with E-state index in [9.17, 15) is 4.79 Å². The molecule has 0 saturated carbocycles. The molecule has 3 rings (SSSR count). The van der Waals surface area contributed by atoms with Crippen molar-refractivity contribution in [2.75, 3.05) is 5.32 Å². The fourth-order valence-electron chi connectivity index (χ4n) is 2.40. The number of nitrogens with one attached hydrogen (secondary N) is 1. The fraction of sp³-hybridized carbons (Fsp3) is 0.158. The third-order valence-corrected chi connectivity index (χ3v) is 4.37. The normalized spacial score (nSPS) is 10.5. The Morgan fingerprint density at radius 1 is 1.20 bits per heavy atom. The number of nitrogens with zero attached hydrogens (tertiary/aromatic N) is 2. The summed E-state index contributed by atoms with van der Waals surface area (Å²) in [7, 11) is 0. The second-order valence-corrected chi connectivity index (χ2v) is 6.57. The van der Waals surface area contributed by atoms with Crippen molar-refractivity contribution in [2.24, 2.45) is 0 Å². The molecule has 0 aliphatic heterocycles. The maximum atomic E-state index is 12.3. The molecule has 1 aromatic heterocycles.